The fourth-order valence-corrected chi connectivity index (χ4v) is 1.13. The van der Waals surface area contributed by atoms with E-state index < -0.39 is 4.92 Å². The van der Waals surface area contributed by atoms with Gasteiger partial charge < -0.3 is 9.88 Å². The molecule has 0 aliphatic carbocycles. The average Bonchev–Trinajstić information content (AvgIpc) is 2.73. The van der Waals surface area contributed by atoms with Crippen molar-refractivity contribution in [3.05, 3.63) is 34.7 Å². The number of nitrogens with zero attached hydrogens (tertiary/aromatic N) is 6. The lowest BCUT2D eigenvalue weighted by Gasteiger charge is -2.02. The molecular formula is C8H9N7O2. The number of nitro groups is 1. The minimum atomic E-state index is -0.549. The zero-order valence-corrected chi connectivity index (χ0v) is 8.94. The Hall–Kier alpha value is -2.58. The Morgan fingerprint density at radius 3 is 2.71 bits per heavy atom. The second-order valence-corrected chi connectivity index (χ2v) is 3.23. The van der Waals surface area contributed by atoms with Crippen molar-refractivity contribution in [3.8, 4) is 0 Å². The number of hydrogen-bond donors (Lipinski definition) is 1. The molecule has 2 aromatic rings. The van der Waals surface area contributed by atoms with Crippen molar-refractivity contribution >= 4 is 11.6 Å². The maximum atomic E-state index is 10.4. The molecule has 0 radical (unpaired) electrons. The van der Waals surface area contributed by atoms with Gasteiger partial charge >= 0.3 is 5.69 Å². The van der Waals surface area contributed by atoms with E-state index in [1.54, 1.807) is 10.9 Å². The van der Waals surface area contributed by atoms with E-state index >= 15 is 0 Å². The first-order chi connectivity index (χ1) is 8.16. The highest BCUT2D eigenvalue weighted by Crippen LogP contribution is 2.08. The van der Waals surface area contributed by atoms with Crippen molar-refractivity contribution in [2.75, 3.05) is 5.32 Å². The highest BCUT2D eigenvalue weighted by Gasteiger charge is 2.07. The standard InChI is InChI=1S/C8H9N7O2/c1-14-5-12-13-7(14)4-11-8-9-2-6(3-10-8)15(16)17/h2-3,5H,4H2,1H3,(H,9,10,11). The van der Waals surface area contributed by atoms with E-state index in [-0.39, 0.29) is 5.69 Å². The van der Waals surface area contributed by atoms with Crippen LogP contribution >= 0.6 is 0 Å². The van der Waals surface area contributed by atoms with Gasteiger partial charge in [0.05, 0.1) is 11.5 Å². The van der Waals surface area contributed by atoms with E-state index in [1.165, 1.54) is 0 Å². The van der Waals surface area contributed by atoms with Gasteiger partial charge in [-0.15, -0.1) is 10.2 Å². The highest BCUT2D eigenvalue weighted by molar-refractivity contribution is 5.30. The van der Waals surface area contributed by atoms with Crippen LogP contribution in [0, 0.1) is 10.1 Å². The van der Waals surface area contributed by atoms with Gasteiger partial charge in [-0.05, 0) is 0 Å². The van der Waals surface area contributed by atoms with Crippen LogP contribution < -0.4 is 5.32 Å². The Balaban J connectivity index is 2.00. The summed E-state index contributed by atoms with van der Waals surface area (Å²) in [4.78, 5) is 17.5. The molecule has 2 rings (SSSR count). The molecule has 0 atom stereocenters. The molecule has 0 spiro atoms. The van der Waals surface area contributed by atoms with Crippen LogP contribution in [0.4, 0.5) is 11.6 Å². The van der Waals surface area contributed by atoms with Crippen LogP contribution in [-0.4, -0.2) is 29.7 Å². The molecule has 1 N–H and O–H groups in total. The number of hydrogen-bond acceptors (Lipinski definition) is 7. The Morgan fingerprint density at radius 2 is 2.18 bits per heavy atom. The van der Waals surface area contributed by atoms with E-state index in [1.807, 2.05) is 7.05 Å². The molecule has 0 saturated heterocycles. The quantitative estimate of drug-likeness (QED) is 0.591. The Morgan fingerprint density at radius 1 is 1.47 bits per heavy atom. The third-order valence-electron chi connectivity index (χ3n) is 2.06. The van der Waals surface area contributed by atoms with Crippen molar-refractivity contribution in [3.63, 3.8) is 0 Å². The number of aryl methyl sites for hydroxylation is 1. The van der Waals surface area contributed by atoms with Gasteiger partial charge in [-0.25, -0.2) is 9.97 Å². The molecule has 0 amide bonds. The second kappa shape index (κ2) is 4.51. The Labute approximate surface area is 95.7 Å². The summed E-state index contributed by atoms with van der Waals surface area (Å²) in [7, 11) is 1.81. The van der Waals surface area contributed by atoms with Gasteiger partial charge in [0.15, 0.2) is 5.82 Å². The van der Waals surface area contributed by atoms with Gasteiger partial charge in [-0.2, -0.15) is 0 Å². The summed E-state index contributed by atoms with van der Waals surface area (Å²) in [5, 5.41) is 20.8. The SMILES string of the molecule is Cn1cnnc1CNc1ncc([N+](=O)[O-])cn1. The summed E-state index contributed by atoms with van der Waals surface area (Å²) in [6.07, 6.45) is 3.87. The van der Waals surface area contributed by atoms with Crippen LogP contribution in [0.25, 0.3) is 0 Å². The monoisotopic (exact) mass is 235 g/mol. The van der Waals surface area contributed by atoms with Crippen molar-refractivity contribution < 1.29 is 4.92 Å². The van der Waals surface area contributed by atoms with E-state index in [0.717, 1.165) is 12.4 Å². The summed E-state index contributed by atoms with van der Waals surface area (Å²) in [6.45, 7) is 0.397. The van der Waals surface area contributed by atoms with Gasteiger partial charge in [0.2, 0.25) is 5.95 Å². The maximum absolute atomic E-state index is 10.4. The van der Waals surface area contributed by atoms with Crippen molar-refractivity contribution in [1.82, 2.24) is 24.7 Å². The molecule has 9 heteroatoms. The van der Waals surface area contributed by atoms with Crippen molar-refractivity contribution in [1.29, 1.82) is 0 Å². The van der Waals surface area contributed by atoms with Crippen LogP contribution in [-0.2, 0) is 13.6 Å². The minimum Gasteiger partial charge on any atom is -0.347 e. The molecule has 0 bridgehead atoms. The first-order valence-electron chi connectivity index (χ1n) is 4.70. The summed E-state index contributed by atoms with van der Waals surface area (Å²) < 4.78 is 1.75. The van der Waals surface area contributed by atoms with Crippen molar-refractivity contribution in [2.45, 2.75) is 6.54 Å². The number of aromatic nitrogens is 5. The number of rotatable bonds is 4. The number of anilines is 1. The van der Waals surface area contributed by atoms with Crippen molar-refractivity contribution in [2.24, 2.45) is 7.05 Å². The van der Waals surface area contributed by atoms with Crippen LogP contribution in [0.2, 0.25) is 0 Å². The summed E-state index contributed by atoms with van der Waals surface area (Å²) in [5.41, 5.74) is -0.144. The van der Waals surface area contributed by atoms with E-state index in [9.17, 15) is 10.1 Å². The molecule has 2 aromatic heterocycles. The third-order valence-corrected chi connectivity index (χ3v) is 2.06. The first-order valence-corrected chi connectivity index (χ1v) is 4.70. The van der Waals surface area contributed by atoms with Gasteiger partial charge in [0.25, 0.3) is 0 Å². The number of nitrogens with one attached hydrogen (secondary N) is 1. The second-order valence-electron chi connectivity index (χ2n) is 3.23. The zero-order chi connectivity index (χ0) is 12.3. The summed E-state index contributed by atoms with van der Waals surface area (Å²) in [5.74, 6) is 1.02. The molecule has 2 heterocycles. The van der Waals surface area contributed by atoms with Crippen LogP contribution in [0.15, 0.2) is 18.7 Å². The minimum absolute atomic E-state index is 0.144. The lowest BCUT2D eigenvalue weighted by Crippen LogP contribution is -2.08. The fraction of sp³-hybridized carbons (Fsp3) is 0.250. The summed E-state index contributed by atoms with van der Waals surface area (Å²) in [6, 6.07) is 0. The normalized spacial score (nSPS) is 10.2. The third kappa shape index (κ3) is 2.51. The van der Waals surface area contributed by atoms with E-state index in [0.29, 0.717) is 18.3 Å². The van der Waals surface area contributed by atoms with Gasteiger partial charge in [-0.3, -0.25) is 10.1 Å². The largest absolute Gasteiger partial charge is 0.347 e. The average molecular weight is 235 g/mol. The van der Waals surface area contributed by atoms with Crippen LogP contribution in [0.3, 0.4) is 0 Å². The lowest BCUT2D eigenvalue weighted by molar-refractivity contribution is -0.385. The van der Waals surface area contributed by atoms with Crippen LogP contribution in [0.5, 0.6) is 0 Å². The molecule has 0 fully saturated rings. The van der Waals surface area contributed by atoms with E-state index in [4.69, 9.17) is 0 Å². The zero-order valence-electron chi connectivity index (χ0n) is 8.94. The highest BCUT2D eigenvalue weighted by atomic mass is 16.6. The Kier molecular flexibility index (Phi) is 2.90. The Bertz CT molecular complexity index is 521. The van der Waals surface area contributed by atoms with E-state index in [2.05, 4.69) is 25.5 Å². The smallest absolute Gasteiger partial charge is 0.305 e. The molecule has 88 valence electrons. The summed E-state index contributed by atoms with van der Waals surface area (Å²) >= 11 is 0. The topological polar surface area (TPSA) is 112 Å². The molecule has 0 aliphatic heterocycles. The predicted octanol–water partition coefficient (Wildman–Crippen LogP) is 0.125. The van der Waals surface area contributed by atoms with Gasteiger partial charge in [0, 0.05) is 7.05 Å². The molecule has 0 aliphatic rings. The van der Waals surface area contributed by atoms with Gasteiger partial charge in [0.1, 0.15) is 18.7 Å². The fourth-order valence-electron chi connectivity index (χ4n) is 1.13. The van der Waals surface area contributed by atoms with Gasteiger partial charge in [-0.1, -0.05) is 0 Å². The lowest BCUT2D eigenvalue weighted by atomic mass is 10.5. The first kappa shape index (κ1) is 10.9. The molecule has 0 unspecified atom stereocenters. The van der Waals surface area contributed by atoms with Crippen LogP contribution in [0.1, 0.15) is 5.82 Å². The predicted molar refractivity (Wildman–Crippen MR) is 57.0 cm³/mol. The molecule has 0 aromatic carbocycles. The molecule has 0 saturated carbocycles. The molecule has 9 nitrogen and oxygen atoms in total. The molecular weight excluding hydrogens is 226 g/mol. The molecule has 17 heavy (non-hydrogen) atoms. The maximum Gasteiger partial charge on any atom is 0.305 e.